The Kier molecular flexibility index (Phi) is 56.2. The fourth-order valence-corrected chi connectivity index (χ4v) is 9.04. The van der Waals surface area contributed by atoms with E-state index in [4.69, 9.17) is 14.2 Å². The van der Waals surface area contributed by atoms with E-state index in [0.717, 1.165) is 70.6 Å². The van der Waals surface area contributed by atoms with E-state index in [1.165, 1.54) is 218 Å². The Hall–Kier alpha value is -2.37. The number of hydrogen-bond donors (Lipinski definition) is 0. The molecular weight excluding hydrogens is 853 g/mol. The van der Waals surface area contributed by atoms with E-state index in [0.29, 0.717) is 19.3 Å². The minimum absolute atomic E-state index is 0.0789. The summed E-state index contributed by atoms with van der Waals surface area (Å²) in [4.78, 5) is 38.2. The van der Waals surface area contributed by atoms with Crippen LogP contribution in [0.4, 0.5) is 0 Å². The first-order chi connectivity index (χ1) is 34.0. The molecule has 0 aliphatic heterocycles. The number of allylic oxidation sites excluding steroid dienone is 6. The van der Waals surface area contributed by atoms with Crippen LogP contribution in [0.5, 0.6) is 0 Å². The van der Waals surface area contributed by atoms with Crippen LogP contribution in [0.15, 0.2) is 36.5 Å². The molecule has 0 radical (unpaired) electrons. The predicted molar refractivity (Wildman–Crippen MR) is 298 cm³/mol. The van der Waals surface area contributed by atoms with Crippen molar-refractivity contribution in [3.8, 4) is 0 Å². The van der Waals surface area contributed by atoms with E-state index < -0.39 is 6.10 Å². The topological polar surface area (TPSA) is 78.9 Å². The highest BCUT2D eigenvalue weighted by Gasteiger charge is 2.19. The van der Waals surface area contributed by atoms with Crippen molar-refractivity contribution in [3.63, 3.8) is 0 Å². The number of rotatable bonds is 56. The summed E-state index contributed by atoms with van der Waals surface area (Å²) in [5.74, 6) is -0.896. The van der Waals surface area contributed by atoms with Crippen LogP contribution in [0, 0.1) is 0 Å². The van der Waals surface area contributed by atoms with Gasteiger partial charge in [-0.25, -0.2) is 0 Å². The number of esters is 3. The van der Waals surface area contributed by atoms with E-state index in [1.54, 1.807) is 0 Å². The molecule has 0 fully saturated rings. The number of hydrogen-bond acceptors (Lipinski definition) is 6. The van der Waals surface area contributed by atoms with Crippen molar-refractivity contribution in [2.24, 2.45) is 0 Å². The molecule has 0 heterocycles. The molecule has 0 aromatic heterocycles. The third kappa shape index (κ3) is 56.4. The minimum atomic E-state index is -0.784. The second kappa shape index (κ2) is 58.2. The van der Waals surface area contributed by atoms with Crippen LogP contribution < -0.4 is 0 Å². The second-order valence-electron chi connectivity index (χ2n) is 20.6. The van der Waals surface area contributed by atoms with Gasteiger partial charge in [-0.05, 0) is 57.8 Å². The van der Waals surface area contributed by atoms with Crippen LogP contribution in [-0.4, -0.2) is 37.2 Å². The number of carbonyl (C=O) groups is 3. The zero-order chi connectivity index (χ0) is 50.0. The van der Waals surface area contributed by atoms with Crippen molar-refractivity contribution in [3.05, 3.63) is 36.5 Å². The minimum Gasteiger partial charge on any atom is -0.462 e. The molecule has 6 heteroatoms. The summed E-state index contributed by atoms with van der Waals surface area (Å²) in [6.45, 7) is 6.64. The Morgan fingerprint density at radius 2 is 0.522 bits per heavy atom. The Bertz CT molecular complexity index is 1160. The van der Waals surface area contributed by atoms with Crippen LogP contribution in [0.25, 0.3) is 0 Å². The van der Waals surface area contributed by atoms with Gasteiger partial charge in [0, 0.05) is 19.3 Å². The molecule has 0 aromatic rings. The summed E-state index contributed by atoms with van der Waals surface area (Å²) < 4.78 is 16.9. The standard InChI is InChI=1S/C63H116O6/c1-4-7-10-13-16-19-22-25-28-30-32-35-38-41-44-47-50-53-56-62(65)68-59-60(58-67-61(64)55-52-49-46-43-40-37-34-27-24-21-18-15-12-9-6-3)69-63(66)57-54-51-48-45-42-39-36-33-31-29-26-23-20-17-14-11-8-5-2/h18,21,27,34,40,43,60H,4-17,19-20,22-26,28-33,35-39,41-42,44-59H2,1-3H3/b21-18-,34-27-,43-40-/t60-/m1/s1. The van der Waals surface area contributed by atoms with Crippen molar-refractivity contribution in [1.29, 1.82) is 0 Å². The third-order valence-corrected chi connectivity index (χ3v) is 13.6. The third-order valence-electron chi connectivity index (χ3n) is 13.6. The number of carbonyl (C=O) groups excluding carboxylic acids is 3. The van der Waals surface area contributed by atoms with Crippen LogP contribution in [0.3, 0.4) is 0 Å². The average molecular weight is 970 g/mol. The molecule has 1 atom stereocenters. The second-order valence-corrected chi connectivity index (χ2v) is 20.6. The normalized spacial score (nSPS) is 12.2. The van der Waals surface area contributed by atoms with Gasteiger partial charge >= 0.3 is 17.9 Å². The Morgan fingerprint density at radius 3 is 0.841 bits per heavy atom. The van der Waals surface area contributed by atoms with E-state index in [2.05, 4.69) is 57.2 Å². The molecule has 0 aromatic carbocycles. The molecule has 0 amide bonds. The van der Waals surface area contributed by atoms with Gasteiger partial charge in [-0.2, -0.15) is 0 Å². The van der Waals surface area contributed by atoms with Crippen LogP contribution >= 0.6 is 0 Å². The Morgan fingerprint density at radius 1 is 0.290 bits per heavy atom. The van der Waals surface area contributed by atoms with E-state index in [9.17, 15) is 14.4 Å². The van der Waals surface area contributed by atoms with Crippen LogP contribution in [0.2, 0.25) is 0 Å². The molecule has 0 rings (SSSR count). The molecule has 69 heavy (non-hydrogen) atoms. The zero-order valence-electron chi connectivity index (χ0n) is 46.3. The smallest absolute Gasteiger partial charge is 0.306 e. The summed E-state index contributed by atoms with van der Waals surface area (Å²) in [5.41, 5.74) is 0. The highest BCUT2D eigenvalue weighted by Crippen LogP contribution is 2.17. The van der Waals surface area contributed by atoms with E-state index >= 15 is 0 Å². The molecule has 0 bridgehead atoms. The molecule has 0 saturated heterocycles. The first kappa shape index (κ1) is 66.6. The summed E-state index contributed by atoms with van der Waals surface area (Å²) in [5, 5.41) is 0. The Balaban J connectivity index is 4.36. The first-order valence-electron chi connectivity index (χ1n) is 30.5. The zero-order valence-corrected chi connectivity index (χ0v) is 46.3. The summed E-state index contributed by atoms with van der Waals surface area (Å²) in [7, 11) is 0. The highest BCUT2D eigenvalue weighted by atomic mass is 16.6. The SMILES string of the molecule is CCCCC/C=C\C/C=C\C/C=C\CCCCC(=O)OC[C@H](COC(=O)CCCCCCCCCCCCCCCCCCCC)OC(=O)CCCCCCCCCCCCCCCCCCCC. The molecule has 0 aliphatic rings. The molecule has 0 aliphatic carbocycles. The molecule has 0 N–H and O–H groups in total. The quantitative estimate of drug-likeness (QED) is 0.0261. The van der Waals surface area contributed by atoms with E-state index in [1.807, 2.05) is 0 Å². The maximum Gasteiger partial charge on any atom is 0.306 e. The predicted octanol–water partition coefficient (Wildman–Crippen LogP) is 20.4. The lowest BCUT2D eigenvalue weighted by molar-refractivity contribution is -0.167. The molecule has 0 spiro atoms. The number of unbranched alkanes of at least 4 members (excludes halogenated alkanes) is 39. The van der Waals surface area contributed by atoms with Gasteiger partial charge in [0.1, 0.15) is 13.2 Å². The summed E-state index contributed by atoms with van der Waals surface area (Å²) in [6, 6.07) is 0. The maximum atomic E-state index is 12.9. The lowest BCUT2D eigenvalue weighted by atomic mass is 10.0. The van der Waals surface area contributed by atoms with E-state index in [-0.39, 0.29) is 31.1 Å². The van der Waals surface area contributed by atoms with Crippen molar-refractivity contribution < 1.29 is 28.6 Å². The maximum absolute atomic E-state index is 12.9. The molecule has 0 saturated carbocycles. The fourth-order valence-electron chi connectivity index (χ4n) is 9.04. The van der Waals surface area contributed by atoms with Gasteiger partial charge in [-0.3, -0.25) is 14.4 Å². The van der Waals surface area contributed by atoms with Gasteiger partial charge in [-0.1, -0.05) is 288 Å². The fraction of sp³-hybridized carbons (Fsp3) is 0.857. The molecule has 6 nitrogen and oxygen atoms in total. The lowest BCUT2D eigenvalue weighted by Crippen LogP contribution is -2.30. The molecular formula is C63H116O6. The van der Waals surface area contributed by atoms with Gasteiger partial charge in [-0.15, -0.1) is 0 Å². The first-order valence-corrected chi connectivity index (χ1v) is 30.5. The largest absolute Gasteiger partial charge is 0.462 e. The summed E-state index contributed by atoms with van der Waals surface area (Å²) in [6.07, 6.45) is 70.0. The van der Waals surface area contributed by atoms with Crippen molar-refractivity contribution in [2.45, 2.75) is 335 Å². The summed E-state index contributed by atoms with van der Waals surface area (Å²) >= 11 is 0. The van der Waals surface area contributed by atoms with Gasteiger partial charge in [0.25, 0.3) is 0 Å². The molecule has 404 valence electrons. The van der Waals surface area contributed by atoms with Gasteiger partial charge < -0.3 is 14.2 Å². The van der Waals surface area contributed by atoms with Crippen molar-refractivity contribution >= 4 is 17.9 Å². The van der Waals surface area contributed by atoms with Crippen LogP contribution in [0.1, 0.15) is 329 Å². The average Bonchev–Trinajstić information content (AvgIpc) is 3.35. The molecule has 0 unspecified atom stereocenters. The van der Waals surface area contributed by atoms with Gasteiger partial charge in [0.15, 0.2) is 6.10 Å². The van der Waals surface area contributed by atoms with Gasteiger partial charge in [0.2, 0.25) is 0 Å². The van der Waals surface area contributed by atoms with Crippen molar-refractivity contribution in [2.75, 3.05) is 13.2 Å². The van der Waals surface area contributed by atoms with Gasteiger partial charge in [0.05, 0.1) is 0 Å². The highest BCUT2D eigenvalue weighted by molar-refractivity contribution is 5.71. The van der Waals surface area contributed by atoms with Crippen molar-refractivity contribution in [1.82, 2.24) is 0 Å². The Labute approximate surface area is 429 Å². The van der Waals surface area contributed by atoms with Crippen LogP contribution in [-0.2, 0) is 28.6 Å². The monoisotopic (exact) mass is 969 g/mol. The number of ether oxygens (including phenoxy) is 3. The lowest BCUT2D eigenvalue weighted by Gasteiger charge is -2.18.